The molecule has 6 rings (SSSR count). The summed E-state index contributed by atoms with van der Waals surface area (Å²) in [6.45, 7) is 11.5. The number of pyridine rings is 1. The van der Waals surface area contributed by atoms with Gasteiger partial charge in [-0.25, -0.2) is 0 Å². The van der Waals surface area contributed by atoms with E-state index in [-0.39, 0.29) is 5.91 Å². The van der Waals surface area contributed by atoms with E-state index in [1.165, 1.54) is 73.3 Å². The number of likely N-dealkylation sites (N-methyl/N-ethyl adjacent to an activating group) is 1. The van der Waals surface area contributed by atoms with Crippen molar-refractivity contribution in [1.29, 1.82) is 0 Å². The molecule has 3 aromatic carbocycles. The minimum Gasteiger partial charge on any atom is -0.496 e. The molecule has 0 saturated carbocycles. The van der Waals surface area contributed by atoms with E-state index >= 15 is 0 Å². The molecular weight excluding hydrogens is 598 g/mol. The van der Waals surface area contributed by atoms with Crippen molar-refractivity contribution in [3.8, 4) is 22.6 Å². The minimum absolute atomic E-state index is 0.195. The Labute approximate surface area is 284 Å². The Morgan fingerprint density at radius 3 is 2.12 bits per heavy atom. The van der Waals surface area contributed by atoms with Crippen LogP contribution in [0.3, 0.4) is 0 Å². The summed E-state index contributed by atoms with van der Waals surface area (Å²) in [7, 11) is 5.43. The largest absolute Gasteiger partial charge is 0.496 e. The first kappa shape index (κ1) is 33.2. The number of methoxy groups -OCH3 is 2. The average molecular weight is 646 g/mol. The predicted molar refractivity (Wildman–Crippen MR) is 195 cm³/mol. The van der Waals surface area contributed by atoms with Crippen LogP contribution in [0.25, 0.3) is 22.0 Å². The summed E-state index contributed by atoms with van der Waals surface area (Å²) in [5, 5.41) is 4.34. The van der Waals surface area contributed by atoms with Crippen molar-refractivity contribution in [1.82, 2.24) is 19.4 Å². The fourth-order valence-electron chi connectivity index (χ4n) is 6.77. The van der Waals surface area contributed by atoms with Gasteiger partial charge in [0.1, 0.15) is 11.5 Å². The van der Waals surface area contributed by atoms with Gasteiger partial charge in [-0.05, 0) is 105 Å². The maximum absolute atomic E-state index is 13.2. The van der Waals surface area contributed by atoms with Crippen LogP contribution >= 0.6 is 0 Å². The molecule has 1 aliphatic rings. The van der Waals surface area contributed by atoms with Gasteiger partial charge < -0.3 is 29.2 Å². The zero-order valence-electron chi connectivity index (χ0n) is 28.9. The van der Waals surface area contributed by atoms with Gasteiger partial charge in [-0.1, -0.05) is 18.2 Å². The highest BCUT2D eigenvalue weighted by Gasteiger charge is 2.17. The molecule has 2 aromatic heterocycles. The third kappa shape index (κ3) is 7.40. The number of amides is 1. The van der Waals surface area contributed by atoms with Crippen LogP contribution in [0.1, 0.15) is 45.6 Å². The molecule has 48 heavy (non-hydrogen) atoms. The van der Waals surface area contributed by atoms with Gasteiger partial charge in [0.15, 0.2) is 0 Å². The van der Waals surface area contributed by atoms with E-state index in [1.54, 1.807) is 26.6 Å². The van der Waals surface area contributed by atoms with Gasteiger partial charge >= 0.3 is 0 Å². The van der Waals surface area contributed by atoms with E-state index in [2.05, 4.69) is 63.8 Å². The van der Waals surface area contributed by atoms with Crippen LogP contribution in [0.4, 0.5) is 5.69 Å². The normalized spacial score (nSPS) is 13.9. The number of hydrogen-bond donors (Lipinski definition) is 1. The molecule has 1 N–H and O–H groups in total. The monoisotopic (exact) mass is 645 g/mol. The van der Waals surface area contributed by atoms with Crippen molar-refractivity contribution < 1.29 is 14.3 Å². The van der Waals surface area contributed by atoms with Gasteiger partial charge in [0.2, 0.25) is 0 Å². The first-order chi connectivity index (χ1) is 23.3. The lowest BCUT2D eigenvalue weighted by Gasteiger charge is -2.32. The number of unbranched alkanes of at least 4 members (excludes halogenated alkanes) is 1. The summed E-state index contributed by atoms with van der Waals surface area (Å²) < 4.78 is 13.9. The maximum atomic E-state index is 13.2. The van der Waals surface area contributed by atoms with Gasteiger partial charge in [0.05, 0.1) is 19.8 Å². The van der Waals surface area contributed by atoms with Gasteiger partial charge in [-0.2, -0.15) is 0 Å². The number of nitrogens with one attached hydrogen (secondary N) is 1. The fourth-order valence-corrected chi connectivity index (χ4v) is 6.77. The van der Waals surface area contributed by atoms with Crippen molar-refractivity contribution in [2.45, 2.75) is 39.7 Å². The Hall–Kier alpha value is -4.66. The molecule has 0 radical (unpaired) electrons. The summed E-state index contributed by atoms with van der Waals surface area (Å²) >= 11 is 0. The topological polar surface area (TPSA) is 71.9 Å². The van der Waals surface area contributed by atoms with Gasteiger partial charge in [-0.3, -0.25) is 9.78 Å². The molecule has 0 unspecified atom stereocenters. The summed E-state index contributed by atoms with van der Waals surface area (Å²) in [4.78, 5) is 22.4. The standard InChI is InChI=1S/C40H47N5O3/c1-28-29(2)45(19-7-6-18-44-22-20-43(3)21-23-44)36-13-10-31(25-35(28)36)24-30-8-11-33(12-9-30)40(46)42-34-26-37(47-4)39(38(27-34)48-5)32-14-16-41-17-15-32/h8-17,25-27H,6-7,18-24H2,1-5H3,(H,42,46). The Bertz CT molecular complexity index is 1830. The first-order valence-electron chi connectivity index (χ1n) is 16.9. The number of fused-ring (bicyclic) bond motifs is 1. The molecule has 250 valence electrons. The Balaban J connectivity index is 1.09. The molecule has 0 bridgehead atoms. The zero-order valence-corrected chi connectivity index (χ0v) is 28.9. The van der Waals surface area contributed by atoms with Gasteiger partial charge in [0.25, 0.3) is 5.91 Å². The van der Waals surface area contributed by atoms with Crippen molar-refractivity contribution in [3.05, 3.63) is 107 Å². The molecular formula is C40H47N5O3. The number of aromatic nitrogens is 2. The molecule has 0 atom stereocenters. The number of piperazine rings is 1. The second-order valence-electron chi connectivity index (χ2n) is 12.9. The number of ether oxygens (including phenoxy) is 2. The predicted octanol–water partition coefficient (Wildman–Crippen LogP) is 7.21. The Kier molecular flexibility index (Phi) is 10.4. The molecule has 1 fully saturated rings. The van der Waals surface area contributed by atoms with Crippen LogP contribution < -0.4 is 14.8 Å². The van der Waals surface area contributed by atoms with E-state index < -0.39 is 0 Å². The number of carbonyl (C=O) groups is 1. The van der Waals surface area contributed by atoms with Crippen LogP contribution in [0, 0.1) is 13.8 Å². The Morgan fingerprint density at radius 2 is 1.46 bits per heavy atom. The van der Waals surface area contributed by atoms with E-state index in [9.17, 15) is 4.79 Å². The summed E-state index contributed by atoms with van der Waals surface area (Å²) in [6.07, 6.45) is 6.68. The van der Waals surface area contributed by atoms with Crippen LogP contribution in [-0.2, 0) is 13.0 Å². The van der Waals surface area contributed by atoms with Crippen LogP contribution in [0.5, 0.6) is 11.5 Å². The maximum Gasteiger partial charge on any atom is 0.255 e. The number of carbonyl (C=O) groups excluding carboxylic acids is 1. The van der Waals surface area contributed by atoms with Crippen molar-refractivity contribution in [2.24, 2.45) is 0 Å². The number of benzene rings is 3. The molecule has 1 amide bonds. The number of anilines is 1. The zero-order chi connectivity index (χ0) is 33.6. The number of hydrogen-bond acceptors (Lipinski definition) is 6. The van der Waals surface area contributed by atoms with Gasteiger partial charge in [0, 0.05) is 85.1 Å². The summed E-state index contributed by atoms with van der Waals surface area (Å²) in [5.74, 6) is 1.01. The number of aryl methyl sites for hydroxylation is 2. The van der Waals surface area contributed by atoms with E-state index in [1.807, 2.05) is 48.5 Å². The molecule has 5 aromatic rings. The molecule has 1 saturated heterocycles. The molecule has 0 aliphatic carbocycles. The lowest BCUT2D eigenvalue weighted by Crippen LogP contribution is -2.44. The minimum atomic E-state index is -0.195. The van der Waals surface area contributed by atoms with Crippen molar-refractivity contribution in [3.63, 3.8) is 0 Å². The smallest absolute Gasteiger partial charge is 0.255 e. The van der Waals surface area contributed by atoms with E-state index in [0.717, 1.165) is 29.7 Å². The average Bonchev–Trinajstić information content (AvgIpc) is 3.35. The molecule has 0 spiro atoms. The summed E-state index contributed by atoms with van der Waals surface area (Å²) in [5.41, 5.74) is 9.37. The second-order valence-corrected chi connectivity index (χ2v) is 12.9. The molecule has 8 heteroatoms. The third-order valence-corrected chi connectivity index (χ3v) is 9.76. The van der Waals surface area contributed by atoms with Crippen LogP contribution in [-0.4, -0.2) is 79.2 Å². The first-order valence-corrected chi connectivity index (χ1v) is 16.9. The van der Waals surface area contributed by atoms with Crippen molar-refractivity contribution in [2.75, 3.05) is 59.3 Å². The Morgan fingerprint density at radius 1 is 0.812 bits per heavy atom. The number of nitrogens with zero attached hydrogens (tertiary/aromatic N) is 4. The molecule has 3 heterocycles. The quantitative estimate of drug-likeness (QED) is 0.145. The third-order valence-electron chi connectivity index (χ3n) is 9.76. The van der Waals surface area contributed by atoms with Crippen LogP contribution in [0.2, 0.25) is 0 Å². The molecule has 1 aliphatic heterocycles. The van der Waals surface area contributed by atoms with E-state index in [0.29, 0.717) is 22.7 Å². The second kappa shape index (κ2) is 15.0. The summed E-state index contributed by atoms with van der Waals surface area (Å²) in [6, 6.07) is 22.1. The number of rotatable bonds is 12. The highest BCUT2D eigenvalue weighted by Crippen LogP contribution is 2.41. The SMILES string of the molecule is COc1cc(NC(=O)c2ccc(Cc3ccc4c(c3)c(C)c(C)n4CCCCN3CCN(C)CC3)cc2)cc(OC)c1-c1ccncc1. The highest BCUT2D eigenvalue weighted by atomic mass is 16.5. The van der Waals surface area contributed by atoms with Crippen molar-refractivity contribution >= 4 is 22.5 Å². The van der Waals surface area contributed by atoms with Gasteiger partial charge in [-0.15, -0.1) is 0 Å². The molecule has 8 nitrogen and oxygen atoms in total. The fraction of sp³-hybridized carbons (Fsp3) is 0.350. The van der Waals surface area contributed by atoms with Crippen LogP contribution in [0.15, 0.2) is 79.1 Å². The lowest BCUT2D eigenvalue weighted by molar-refractivity contribution is 0.102. The highest BCUT2D eigenvalue weighted by molar-refractivity contribution is 6.04. The lowest BCUT2D eigenvalue weighted by atomic mass is 10.0. The van der Waals surface area contributed by atoms with E-state index in [4.69, 9.17) is 9.47 Å².